The van der Waals surface area contributed by atoms with E-state index in [-0.39, 0.29) is 18.5 Å². The van der Waals surface area contributed by atoms with Crippen molar-refractivity contribution < 1.29 is 18.0 Å². The van der Waals surface area contributed by atoms with Crippen LogP contribution in [0.1, 0.15) is 49.3 Å². The van der Waals surface area contributed by atoms with Crippen LogP contribution in [0.3, 0.4) is 0 Å². The molecule has 190 valence electrons. The van der Waals surface area contributed by atoms with Crippen molar-refractivity contribution in [3.05, 3.63) is 63.6 Å². The zero-order chi connectivity index (χ0) is 25.8. The Kier molecular flexibility index (Phi) is 8.99. The number of carbonyl (C=O) groups is 2. The second kappa shape index (κ2) is 11.6. The SMILES string of the molecule is Cc1cc(C)cc(N(CC(=O)N(Cc2cccc(Br)c2)C(C)C(=O)NC2CCCC2)S(C)(=O)=O)c1. The summed E-state index contributed by atoms with van der Waals surface area (Å²) in [7, 11) is -3.75. The molecule has 35 heavy (non-hydrogen) atoms. The van der Waals surface area contributed by atoms with Gasteiger partial charge in [0.15, 0.2) is 0 Å². The molecule has 2 aromatic rings. The summed E-state index contributed by atoms with van der Waals surface area (Å²) >= 11 is 3.45. The van der Waals surface area contributed by atoms with Crippen molar-refractivity contribution in [2.75, 3.05) is 17.1 Å². The Labute approximate surface area is 217 Å². The summed E-state index contributed by atoms with van der Waals surface area (Å²) in [5.41, 5.74) is 3.07. The third-order valence-electron chi connectivity index (χ3n) is 6.28. The Balaban J connectivity index is 1.90. The number of hydrogen-bond donors (Lipinski definition) is 1. The first kappa shape index (κ1) is 27.2. The molecule has 0 spiro atoms. The van der Waals surface area contributed by atoms with Crippen LogP contribution in [0.25, 0.3) is 0 Å². The fourth-order valence-electron chi connectivity index (χ4n) is 4.51. The van der Waals surface area contributed by atoms with Crippen LogP contribution in [-0.4, -0.2) is 50.0 Å². The number of nitrogens with zero attached hydrogens (tertiary/aromatic N) is 2. The van der Waals surface area contributed by atoms with Crippen molar-refractivity contribution in [1.29, 1.82) is 0 Å². The van der Waals surface area contributed by atoms with Gasteiger partial charge >= 0.3 is 0 Å². The van der Waals surface area contributed by atoms with Crippen molar-refractivity contribution in [3.63, 3.8) is 0 Å². The minimum atomic E-state index is -3.75. The van der Waals surface area contributed by atoms with Gasteiger partial charge in [0, 0.05) is 17.1 Å². The van der Waals surface area contributed by atoms with Crippen LogP contribution in [0.4, 0.5) is 5.69 Å². The molecule has 0 radical (unpaired) electrons. The summed E-state index contributed by atoms with van der Waals surface area (Å²) in [4.78, 5) is 28.2. The lowest BCUT2D eigenvalue weighted by Crippen LogP contribution is -2.52. The molecule has 1 fully saturated rings. The lowest BCUT2D eigenvalue weighted by Gasteiger charge is -2.32. The molecule has 2 amide bonds. The molecule has 9 heteroatoms. The molecule has 0 aliphatic heterocycles. The Bertz CT molecular complexity index is 1160. The van der Waals surface area contributed by atoms with Gasteiger partial charge in [-0.25, -0.2) is 8.42 Å². The number of sulfonamides is 1. The van der Waals surface area contributed by atoms with Gasteiger partial charge < -0.3 is 10.2 Å². The van der Waals surface area contributed by atoms with Gasteiger partial charge in [-0.3, -0.25) is 13.9 Å². The second-order valence-corrected chi connectivity index (χ2v) is 12.3. The summed E-state index contributed by atoms with van der Waals surface area (Å²) in [5.74, 6) is -0.666. The van der Waals surface area contributed by atoms with Gasteiger partial charge in [-0.05, 0) is 74.6 Å². The van der Waals surface area contributed by atoms with Crippen LogP contribution in [0.15, 0.2) is 46.9 Å². The number of benzene rings is 2. The predicted octanol–water partition coefficient (Wildman–Crippen LogP) is 4.31. The van der Waals surface area contributed by atoms with Crippen molar-refractivity contribution in [3.8, 4) is 0 Å². The normalized spacial score (nSPS) is 15.0. The molecule has 0 heterocycles. The molecular weight excluding hydrogens is 530 g/mol. The molecule has 0 bridgehead atoms. The molecule has 1 aliphatic carbocycles. The Morgan fingerprint density at radius 2 is 1.71 bits per heavy atom. The van der Waals surface area contributed by atoms with E-state index in [0.717, 1.165) is 57.4 Å². The highest BCUT2D eigenvalue weighted by Crippen LogP contribution is 2.23. The number of aryl methyl sites for hydroxylation is 2. The number of hydrogen-bond acceptors (Lipinski definition) is 4. The quantitative estimate of drug-likeness (QED) is 0.492. The monoisotopic (exact) mass is 563 g/mol. The van der Waals surface area contributed by atoms with E-state index in [1.165, 1.54) is 4.90 Å². The van der Waals surface area contributed by atoms with Crippen LogP contribution in [-0.2, 0) is 26.2 Å². The van der Waals surface area contributed by atoms with Gasteiger partial charge in [-0.1, -0.05) is 47.0 Å². The van der Waals surface area contributed by atoms with E-state index < -0.39 is 28.5 Å². The van der Waals surface area contributed by atoms with Crippen molar-refractivity contribution in [2.24, 2.45) is 0 Å². The summed E-state index contributed by atoms with van der Waals surface area (Å²) in [6.45, 7) is 5.25. The lowest BCUT2D eigenvalue weighted by molar-refractivity contribution is -0.139. The topological polar surface area (TPSA) is 86.8 Å². The predicted molar refractivity (Wildman–Crippen MR) is 143 cm³/mol. The first-order valence-corrected chi connectivity index (χ1v) is 14.5. The van der Waals surface area contributed by atoms with Crippen LogP contribution < -0.4 is 9.62 Å². The first-order valence-electron chi connectivity index (χ1n) is 11.8. The molecule has 1 aliphatic rings. The van der Waals surface area contributed by atoms with Gasteiger partial charge in [-0.15, -0.1) is 0 Å². The minimum absolute atomic E-state index is 0.121. The smallest absolute Gasteiger partial charge is 0.244 e. The molecule has 7 nitrogen and oxygen atoms in total. The zero-order valence-electron chi connectivity index (χ0n) is 20.8. The number of carbonyl (C=O) groups excluding carboxylic acids is 2. The molecule has 0 saturated heterocycles. The highest BCUT2D eigenvalue weighted by Gasteiger charge is 2.31. The average molecular weight is 565 g/mol. The second-order valence-electron chi connectivity index (χ2n) is 9.43. The first-order chi connectivity index (χ1) is 16.4. The third-order valence-corrected chi connectivity index (χ3v) is 7.92. The molecule has 0 aromatic heterocycles. The third kappa shape index (κ3) is 7.54. The number of halogens is 1. The fourth-order valence-corrected chi connectivity index (χ4v) is 5.79. The molecule has 1 saturated carbocycles. The van der Waals surface area contributed by atoms with E-state index in [1.54, 1.807) is 19.1 Å². The largest absolute Gasteiger partial charge is 0.352 e. The number of rotatable bonds is 9. The van der Waals surface area contributed by atoms with Gasteiger partial charge in [0.25, 0.3) is 0 Å². The van der Waals surface area contributed by atoms with E-state index >= 15 is 0 Å². The van der Waals surface area contributed by atoms with E-state index in [4.69, 9.17) is 0 Å². The van der Waals surface area contributed by atoms with Crippen LogP contribution >= 0.6 is 15.9 Å². The maximum absolute atomic E-state index is 13.6. The number of amides is 2. The average Bonchev–Trinajstić information content (AvgIpc) is 3.26. The van der Waals surface area contributed by atoms with Gasteiger partial charge in [0.05, 0.1) is 11.9 Å². The number of anilines is 1. The fraction of sp³-hybridized carbons (Fsp3) is 0.462. The van der Waals surface area contributed by atoms with E-state index in [9.17, 15) is 18.0 Å². The molecular formula is C26H34BrN3O4S. The maximum atomic E-state index is 13.6. The standard InChI is InChI=1S/C26H34BrN3O4S/c1-18-12-19(2)14-24(13-18)30(35(4,33)34)17-25(31)29(16-21-8-7-9-22(27)15-21)20(3)26(32)28-23-10-5-6-11-23/h7-9,12-15,20,23H,5-6,10-11,16-17H2,1-4H3,(H,28,32). The summed E-state index contributed by atoms with van der Waals surface area (Å²) in [6.07, 6.45) is 5.13. The lowest BCUT2D eigenvalue weighted by atomic mass is 10.1. The van der Waals surface area contributed by atoms with E-state index in [0.29, 0.717) is 5.69 Å². The number of nitrogens with one attached hydrogen (secondary N) is 1. The van der Waals surface area contributed by atoms with Gasteiger partial charge in [-0.2, -0.15) is 0 Å². The molecule has 1 atom stereocenters. The highest BCUT2D eigenvalue weighted by atomic mass is 79.9. The summed E-state index contributed by atoms with van der Waals surface area (Å²) in [5, 5.41) is 3.07. The van der Waals surface area contributed by atoms with Gasteiger partial charge in [0.2, 0.25) is 21.8 Å². The molecule has 3 rings (SSSR count). The summed E-state index contributed by atoms with van der Waals surface area (Å²) < 4.78 is 27.4. The maximum Gasteiger partial charge on any atom is 0.244 e. The van der Waals surface area contributed by atoms with Crippen molar-refractivity contribution in [1.82, 2.24) is 10.2 Å². The summed E-state index contributed by atoms with van der Waals surface area (Å²) in [6, 6.07) is 12.3. The van der Waals surface area contributed by atoms with Crippen LogP contribution in [0.2, 0.25) is 0 Å². The van der Waals surface area contributed by atoms with Gasteiger partial charge in [0.1, 0.15) is 12.6 Å². The highest BCUT2D eigenvalue weighted by molar-refractivity contribution is 9.10. The van der Waals surface area contributed by atoms with Crippen LogP contribution in [0, 0.1) is 13.8 Å². The molecule has 1 unspecified atom stereocenters. The molecule has 1 N–H and O–H groups in total. The van der Waals surface area contributed by atoms with Crippen molar-refractivity contribution in [2.45, 2.75) is 65.1 Å². The Morgan fingerprint density at radius 3 is 2.29 bits per heavy atom. The Morgan fingerprint density at radius 1 is 1.09 bits per heavy atom. The Hall–Kier alpha value is -2.39. The zero-order valence-corrected chi connectivity index (χ0v) is 23.2. The van der Waals surface area contributed by atoms with Crippen molar-refractivity contribution >= 4 is 43.5 Å². The van der Waals surface area contributed by atoms with E-state index in [2.05, 4.69) is 21.2 Å². The minimum Gasteiger partial charge on any atom is -0.352 e. The van der Waals surface area contributed by atoms with E-state index in [1.807, 2.05) is 44.2 Å². The van der Waals surface area contributed by atoms with Crippen LogP contribution in [0.5, 0.6) is 0 Å². The molecule has 2 aromatic carbocycles.